The van der Waals surface area contributed by atoms with Crippen LogP contribution in [0.15, 0.2) is 12.7 Å². The molecule has 0 aromatic rings. The first-order valence-electron chi connectivity index (χ1n) is 6.70. The Balaban J connectivity index is 2.30. The number of piperidine rings is 1. The Hall–Kier alpha value is -1.52. The van der Waals surface area contributed by atoms with Crippen LogP contribution in [0.2, 0.25) is 0 Å². The summed E-state index contributed by atoms with van der Waals surface area (Å²) in [5, 5.41) is 2.79. The summed E-state index contributed by atoms with van der Waals surface area (Å²) in [4.78, 5) is 24.7. The number of carbonyl (C=O) groups is 2. The summed E-state index contributed by atoms with van der Waals surface area (Å²) in [6, 6.07) is 0. The molecule has 0 aromatic heterocycles. The number of likely N-dealkylation sites (tertiary alicyclic amines) is 1. The van der Waals surface area contributed by atoms with Crippen LogP contribution in [0.25, 0.3) is 0 Å². The van der Waals surface area contributed by atoms with Gasteiger partial charge in [0.2, 0.25) is 5.91 Å². The standard InChI is InChI=1S/C14H24N2O3/c1-5-12(17)15-10-11-6-8-16(9-7-11)13(18)19-14(2,3)4/h5,11H,1,6-10H2,2-4H3,(H,15,17). The molecule has 0 unspecified atom stereocenters. The number of hydrogen-bond donors (Lipinski definition) is 1. The van der Waals surface area contributed by atoms with Gasteiger partial charge in [-0.3, -0.25) is 4.79 Å². The second kappa shape index (κ2) is 6.59. The number of ether oxygens (including phenoxy) is 1. The molecule has 1 aliphatic rings. The Morgan fingerprint density at radius 2 is 1.95 bits per heavy atom. The summed E-state index contributed by atoms with van der Waals surface area (Å²) in [6.45, 7) is 11.0. The van der Waals surface area contributed by atoms with E-state index in [9.17, 15) is 9.59 Å². The highest BCUT2D eigenvalue weighted by molar-refractivity contribution is 5.86. The number of nitrogens with zero attached hydrogens (tertiary/aromatic N) is 1. The Morgan fingerprint density at radius 3 is 2.42 bits per heavy atom. The van der Waals surface area contributed by atoms with Gasteiger partial charge in [-0.05, 0) is 45.6 Å². The second-order valence-electron chi connectivity index (χ2n) is 5.86. The molecule has 2 amide bonds. The van der Waals surface area contributed by atoms with Crippen molar-refractivity contribution in [2.24, 2.45) is 5.92 Å². The van der Waals surface area contributed by atoms with Crippen LogP contribution in [0.5, 0.6) is 0 Å². The molecule has 5 heteroatoms. The molecule has 1 N–H and O–H groups in total. The molecule has 5 nitrogen and oxygen atoms in total. The highest BCUT2D eigenvalue weighted by Gasteiger charge is 2.26. The zero-order chi connectivity index (χ0) is 14.5. The van der Waals surface area contributed by atoms with E-state index in [1.165, 1.54) is 6.08 Å². The molecule has 108 valence electrons. The van der Waals surface area contributed by atoms with E-state index in [0.29, 0.717) is 25.6 Å². The highest BCUT2D eigenvalue weighted by atomic mass is 16.6. The van der Waals surface area contributed by atoms with Crippen LogP contribution in [-0.4, -0.2) is 42.1 Å². The first-order valence-corrected chi connectivity index (χ1v) is 6.70. The van der Waals surface area contributed by atoms with Crippen molar-refractivity contribution in [3.8, 4) is 0 Å². The van der Waals surface area contributed by atoms with Gasteiger partial charge in [-0.2, -0.15) is 0 Å². The van der Waals surface area contributed by atoms with Crippen molar-refractivity contribution in [1.82, 2.24) is 10.2 Å². The fourth-order valence-corrected chi connectivity index (χ4v) is 1.96. The van der Waals surface area contributed by atoms with Crippen molar-refractivity contribution >= 4 is 12.0 Å². The van der Waals surface area contributed by atoms with Crippen molar-refractivity contribution in [2.75, 3.05) is 19.6 Å². The molecule has 0 spiro atoms. The second-order valence-corrected chi connectivity index (χ2v) is 5.86. The third-order valence-electron chi connectivity index (χ3n) is 3.02. The predicted molar refractivity (Wildman–Crippen MR) is 73.7 cm³/mol. The minimum Gasteiger partial charge on any atom is -0.444 e. The van der Waals surface area contributed by atoms with Gasteiger partial charge in [0.15, 0.2) is 0 Å². The molecule has 0 atom stereocenters. The maximum Gasteiger partial charge on any atom is 0.410 e. The van der Waals surface area contributed by atoms with Crippen LogP contribution in [0.1, 0.15) is 33.6 Å². The van der Waals surface area contributed by atoms with Crippen LogP contribution in [-0.2, 0) is 9.53 Å². The van der Waals surface area contributed by atoms with Gasteiger partial charge in [0.1, 0.15) is 5.60 Å². The number of rotatable bonds is 3. The minimum atomic E-state index is -0.453. The summed E-state index contributed by atoms with van der Waals surface area (Å²) < 4.78 is 5.33. The highest BCUT2D eigenvalue weighted by Crippen LogP contribution is 2.19. The number of carbonyl (C=O) groups excluding carboxylic acids is 2. The Labute approximate surface area is 115 Å². The van der Waals surface area contributed by atoms with Crippen LogP contribution in [0.3, 0.4) is 0 Å². The summed E-state index contributed by atoms with van der Waals surface area (Å²) in [6.07, 6.45) is 2.80. The summed E-state index contributed by atoms with van der Waals surface area (Å²) in [5.41, 5.74) is -0.453. The number of nitrogens with one attached hydrogen (secondary N) is 1. The Kier molecular flexibility index (Phi) is 5.39. The van der Waals surface area contributed by atoms with Gasteiger partial charge in [0, 0.05) is 19.6 Å². The molecule has 1 fully saturated rings. The maximum atomic E-state index is 11.9. The van der Waals surface area contributed by atoms with E-state index >= 15 is 0 Å². The van der Waals surface area contributed by atoms with Crippen LogP contribution < -0.4 is 5.32 Å². The average Bonchev–Trinajstić information content (AvgIpc) is 2.34. The van der Waals surface area contributed by atoms with Crippen molar-refractivity contribution in [2.45, 2.75) is 39.2 Å². The lowest BCUT2D eigenvalue weighted by atomic mass is 9.97. The van der Waals surface area contributed by atoms with Crippen molar-refractivity contribution in [3.05, 3.63) is 12.7 Å². The normalized spacial score (nSPS) is 16.9. The monoisotopic (exact) mass is 268 g/mol. The van der Waals surface area contributed by atoms with E-state index < -0.39 is 5.60 Å². The fourth-order valence-electron chi connectivity index (χ4n) is 1.96. The quantitative estimate of drug-likeness (QED) is 0.796. The van der Waals surface area contributed by atoms with Crippen molar-refractivity contribution in [3.63, 3.8) is 0 Å². The van der Waals surface area contributed by atoms with Gasteiger partial charge in [-0.25, -0.2) is 4.79 Å². The number of hydrogen-bond acceptors (Lipinski definition) is 3. The molecule has 1 aliphatic heterocycles. The van der Waals surface area contributed by atoms with Crippen LogP contribution >= 0.6 is 0 Å². The third-order valence-corrected chi connectivity index (χ3v) is 3.02. The van der Waals surface area contributed by atoms with Gasteiger partial charge in [-0.1, -0.05) is 6.58 Å². The lowest BCUT2D eigenvalue weighted by molar-refractivity contribution is -0.116. The molecule has 0 radical (unpaired) electrons. The largest absolute Gasteiger partial charge is 0.444 e. The topological polar surface area (TPSA) is 58.6 Å². The third kappa shape index (κ3) is 5.77. The minimum absolute atomic E-state index is 0.144. The lowest BCUT2D eigenvalue weighted by Crippen LogP contribution is -2.43. The molecular formula is C14H24N2O3. The zero-order valence-electron chi connectivity index (χ0n) is 12.1. The number of amides is 2. The van der Waals surface area contributed by atoms with Gasteiger partial charge in [0.25, 0.3) is 0 Å². The van der Waals surface area contributed by atoms with E-state index in [-0.39, 0.29) is 12.0 Å². The molecule has 0 saturated carbocycles. The summed E-state index contributed by atoms with van der Waals surface area (Å²) in [5.74, 6) is 0.275. The fraction of sp³-hybridized carbons (Fsp3) is 0.714. The molecule has 0 aromatic carbocycles. The SMILES string of the molecule is C=CC(=O)NCC1CCN(C(=O)OC(C)(C)C)CC1. The van der Waals surface area contributed by atoms with Gasteiger partial charge in [0.05, 0.1) is 0 Å². The van der Waals surface area contributed by atoms with E-state index in [4.69, 9.17) is 4.74 Å². The predicted octanol–water partition coefficient (Wildman–Crippen LogP) is 1.94. The average molecular weight is 268 g/mol. The smallest absolute Gasteiger partial charge is 0.410 e. The van der Waals surface area contributed by atoms with E-state index in [2.05, 4.69) is 11.9 Å². The van der Waals surface area contributed by atoms with Gasteiger partial charge >= 0.3 is 6.09 Å². The molecule has 0 aliphatic carbocycles. The summed E-state index contributed by atoms with van der Waals surface area (Å²) in [7, 11) is 0. The van der Waals surface area contributed by atoms with Crippen LogP contribution in [0.4, 0.5) is 4.79 Å². The van der Waals surface area contributed by atoms with E-state index in [1.54, 1.807) is 4.90 Å². The molecule has 1 heterocycles. The molecule has 1 rings (SSSR count). The molecule has 1 saturated heterocycles. The molecule has 0 bridgehead atoms. The van der Waals surface area contributed by atoms with Crippen molar-refractivity contribution in [1.29, 1.82) is 0 Å². The Morgan fingerprint density at radius 1 is 1.37 bits per heavy atom. The zero-order valence-corrected chi connectivity index (χ0v) is 12.1. The van der Waals surface area contributed by atoms with E-state index in [1.807, 2.05) is 20.8 Å². The molecular weight excluding hydrogens is 244 g/mol. The first-order chi connectivity index (χ1) is 8.81. The molecule has 19 heavy (non-hydrogen) atoms. The van der Waals surface area contributed by atoms with E-state index in [0.717, 1.165) is 12.8 Å². The summed E-state index contributed by atoms with van der Waals surface area (Å²) >= 11 is 0. The van der Waals surface area contributed by atoms with Gasteiger partial charge in [-0.15, -0.1) is 0 Å². The van der Waals surface area contributed by atoms with Gasteiger partial charge < -0.3 is 15.0 Å². The lowest BCUT2D eigenvalue weighted by Gasteiger charge is -2.33. The van der Waals surface area contributed by atoms with Crippen LogP contribution in [0, 0.1) is 5.92 Å². The van der Waals surface area contributed by atoms with Crippen molar-refractivity contribution < 1.29 is 14.3 Å². The first kappa shape index (κ1) is 15.5. The maximum absolute atomic E-state index is 11.9. The Bertz CT molecular complexity index is 339.